The molecule has 82 valence electrons. The van der Waals surface area contributed by atoms with Crippen LogP contribution in [-0.2, 0) is 0 Å². The van der Waals surface area contributed by atoms with E-state index in [9.17, 15) is 0 Å². The summed E-state index contributed by atoms with van der Waals surface area (Å²) in [5.74, 6) is 1.58. The van der Waals surface area contributed by atoms with E-state index in [1.54, 1.807) is 7.11 Å². The molecule has 0 aromatic heterocycles. The van der Waals surface area contributed by atoms with Crippen LogP contribution in [0.25, 0.3) is 5.57 Å². The zero-order valence-corrected chi connectivity index (χ0v) is 10.3. The highest BCUT2D eigenvalue weighted by molar-refractivity contribution is 6.17. The van der Waals surface area contributed by atoms with Crippen LogP contribution in [0, 0.1) is 6.92 Å². The van der Waals surface area contributed by atoms with Crippen LogP contribution in [0.1, 0.15) is 24.5 Å². The summed E-state index contributed by atoms with van der Waals surface area (Å²) in [5, 5.41) is 0. The van der Waals surface area contributed by atoms with Gasteiger partial charge in [-0.15, -0.1) is 11.6 Å². The SMILES string of the molecule is COc1ccc(C)cc1C(C)=CCCCl. The Kier molecular flexibility index (Phi) is 4.70. The number of hydrogen-bond donors (Lipinski definition) is 0. The lowest BCUT2D eigenvalue weighted by molar-refractivity contribution is 0.413. The van der Waals surface area contributed by atoms with E-state index in [0.29, 0.717) is 5.88 Å². The van der Waals surface area contributed by atoms with Crippen molar-refractivity contribution in [3.8, 4) is 5.75 Å². The molecule has 0 saturated heterocycles. The van der Waals surface area contributed by atoms with Gasteiger partial charge in [-0.3, -0.25) is 0 Å². The number of allylic oxidation sites excluding steroid dienone is 2. The Morgan fingerprint density at radius 3 is 2.80 bits per heavy atom. The summed E-state index contributed by atoms with van der Waals surface area (Å²) < 4.78 is 5.33. The van der Waals surface area contributed by atoms with Crippen molar-refractivity contribution in [1.29, 1.82) is 0 Å². The normalized spacial score (nSPS) is 11.6. The molecule has 0 aliphatic rings. The maximum atomic E-state index is 5.66. The highest BCUT2D eigenvalue weighted by atomic mass is 35.5. The van der Waals surface area contributed by atoms with Gasteiger partial charge in [0, 0.05) is 11.4 Å². The molecule has 0 radical (unpaired) electrons. The van der Waals surface area contributed by atoms with Gasteiger partial charge < -0.3 is 4.74 Å². The first-order chi connectivity index (χ1) is 7.19. The Bertz CT molecular complexity index is 356. The van der Waals surface area contributed by atoms with Crippen molar-refractivity contribution < 1.29 is 4.74 Å². The van der Waals surface area contributed by atoms with Crippen LogP contribution in [0.5, 0.6) is 5.75 Å². The topological polar surface area (TPSA) is 9.23 Å². The molecule has 1 aromatic rings. The van der Waals surface area contributed by atoms with Crippen molar-refractivity contribution in [2.24, 2.45) is 0 Å². The van der Waals surface area contributed by atoms with E-state index in [-0.39, 0.29) is 0 Å². The molecule has 0 fully saturated rings. The Hall–Kier alpha value is -0.950. The van der Waals surface area contributed by atoms with Crippen molar-refractivity contribution in [2.75, 3.05) is 13.0 Å². The second kappa shape index (κ2) is 5.82. The largest absolute Gasteiger partial charge is 0.496 e. The highest BCUT2D eigenvalue weighted by Gasteiger charge is 2.04. The van der Waals surface area contributed by atoms with Gasteiger partial charge in [-0.1, -0.05) is 17.7 Å². The van der Waals surface area contributed by atoms with E-state index in [1.807, 2.05) is 6.07 Å². The minimum absolute atomic E-state index is 0.658. The maximum absolute atomic E-state index is 5.66. The molecule has 2 heteroatoms. The van der Waals surface area contributed by atoms with E-state index in [0.717, 1.165) is 17.7 Å². The lowest BCUT2D eigenvalue weighted by Gasteiger charge is -2.09. The van der Waals surface area contributed by atoms with Gasteiger partial charge in [0.2, 0.25) is 0 Å². The number of aryl methyl sites for hydroxylation is 1. The van der Waals surface area contributed by atoms with Crippen LogP contribution in [0.15, 0.2) is 24.3 Å². The lowest BCUT2D eigenvalue weighted by atomic mass is 10.0. The minimum atomic E-state index is 0.658. The zero-order chi connectivity index (χ0) is 11.3. The summed E-state index contributed by atoms with van der Waals surface area (Å²) in [6.07, 6.45) is 3.04. The van der Waals surface area contributed by atoms with E-state index in [4.69, 9.17) is 16.3 Å². The summed E-state index contributed by atoms with van der Waals surface area (Å²) in [5.41, 5.74) is 3.61. The fourth-order valence-electron chi connectivity index (χ4n) is 1.51. The average molecular weight is 225 g/mol. The molecule has 0 saturated carbocycles. The highest BCUT2D eigenvalue weighted by Crippen LogP contribution is 2.27. The predicted octanol–water partition coefficient (Wildman–Crippen LogP) is 4.04. The number of rotatable bonds is 4. The first kappa shape index (κ1) is 12.1. The van der Waals surface area contributed by atoms with Crippen molar-refractivity contribution in [3.05, 3.63) is 35.4 Å². The summed E-state index contributed by atoms with van der Waals surface area (Å²) in [6.45, 7) is 4.17. The van der Waals surface area contributed by atoms with Crippen LogP contribution in [-0.4, -0.2) is 13.0 Å². The molecule has 0 amide bonds. The Morgan fingerprint density at radius 2 is 2.20 bits per heavy atom. The molecule has 1 rings (SSSR count). The van der Waals surface area contributed by atoms with Crippen molar-refractivity contribution in [1.82, 2.24) is 0 Å². The second-order valence-electron chi connectivity index (χ2n) is 3.57. The van der Waals surface area contributed by atoms with Crippen molar-refractivity contribution in [3.63, 3.8) is 0 Å². The average Bonchev–Trinajstić information content (AvgIpc) is 2.25. The van der Waals surface area contributed by atoms with Crippen molar-refractivity contribution >= 4 is 17.2 Å². The third-order valence-electron chi connectivity index (χ3n) is 2.34. The molecule has 0 spiro atoms. The number of halogens is 1. The predicted molar refractivity (Wildman–Crippen MR) is 66.7 cm³/mol. The second-order valence-corrected chi connectivity index (χ2v) is 3.95. The van der Waals surface area contributed by atoms with E-state index in [1.165, 1.54) is 11.1 Å². The number of benzene rings is 1. The molecule has 15 heavy (non-hydrogen) atoms. The fraction of sp³-hybridized carbons (Fsp3) is 0.385. The maximum Gasteiger partial charge on any atom is 0.126 e. The smallest absolute Gasteiger partial charge is 0.126 e. The zero-order valence-electron chi connectivity index (χ0n) is 9.51. The van der Waals surface area contributed by atoms with Gasteiger partial charge >= 0.3 is 0 Å². The van der Waals surface area contributed by atoms with Gasteiger partial charge in [-0.2, -0.15) is 0 Å². The first-order valence-electron chi connectivity index (χ1n) is 5.06. The van der Waals surface area contributed by atoms with Crippen LogP contribution in [0.4, 0.5) is 0 Å². The molecule has 0 N–H and O–H groups in total. The molecule has 0 bridgehead atoms. The Labute approximate surface area is 96.7 Å². The number of methoxy groups -OCH3 is 1. The van der Waals surface area contributed by atoms with E-state index >= 15 is 0 Å². The number of hydrogen-bond acceptors (Lipinski definition) is 1. The molecule has 0 atom stereocenters. The first-order valence-corrected chi connectivity index (χ1v) is 5.60. The molecule has 0 heterocycles. The third kappa shape index (κ3) is 3.28. The van der Waals surface area contributed by atoms with Crippen LogP contribution in [0.3, 0.4) is 0 Å². The lowest BCUT2D eigenvalue weighted by Crippen LogP contribution is -1.91. The van der Waals surface area contributed by atoms with Gasteiger partial charge in [-0.05, 0) is 38.0 Å². The monoisotopic (exact) mass is 224 g/mol. The summed E-state index contributed by atoms with van der Waals surface area (Å²) in [7, 11) is 1.70. The quantitative estimate of drug-likeness (QED) is 0.702. The minimum Gasteiger partial charge on any atom is -0.496 e. The molecule has 0 aliphatic carbocycles. The van der Waals surface area contributed by atoms with Crippen molar-refractivity contribution in [2.45, 2.75) is 20.3 Å². The van der Waals surface area contributed by atoms with Crippen LogP contribution in [0.2, 0.25) is 0 Å². The van der Waals surface area contributed by atoms with E-state index < -0.39 is 0 Å². The van der Waals surface area contributed by atoms with Crippen LogP contribution >= 0.6 is 11.6 Å². The molecule has 1 aromatic carbocycles. The number of alkyl halides is 1. The molecule has 0 aliphatic heterocycles. The Balaban J connectivity index is 3.05. The standard InChI is InChI=1S/C13H17ClO/c1-10-6-7-13(15-3)12(9-10)11(2)5-4-8-14/h5-7,9H,4,8H2,1-3H3. The fourth-order valence-corrected chi connectivity index (χ4v) is 1.62. The summed E-state index contributed by atoms with van der Waals surface area (Å²) >= 11 is 5.66. The summed E-state index contributed by atoms with van der Waals surface area (Å²) in [6, 6.07) is 6.19. The third-order valence-corrected chi connectivity index (χ3v) is 2.56. The molecular formula is C13H17ClO. The molecule has 1 nitrogen and oxygen atoms in total. The molecular weight excluding hydrogens is 208 g/mol. The summed E-state index contributed by atoms with van der Waals surface area (Å²) in [4.78, 5) is 0. The van der Waals surface area contributed by atoms with Gasteiger partial charge in [-0.25, -0.2) is 0 Å². The number of ether oxygens (including phenoxy) is 1. The van der Waals surface area contributed by atoms with Crippen LogP contribution < -0.4 is 4.74 Å². The molecule has 0 unspecified atom stereocenters. The van der Waals surface area contributed by atoms with Gasteiger partial charge in [0.15, 0.2) is 0 Å². The van der Waals surface area contributed by atoms with E-state index in [2.05, 4.69) is 32.1 Å². The Morgan fingerprint density at radius 1 is 1.47 bits per heavy atom. The van der Waals surface area contributed by atoms with Gasteiger partial charge in [0.05, 0.1) is 7.11 Å². The van der Waals surface area contributed by atoms with Gasteiger partial charge in [0.1, 0.15) is 5.75 Å². The van der Waals surface area contributed by atoms with Gasteiger partial charge in [0.25, 0.3) is 0 Å².